The van der Waals surface area contributed by atoms with Gasteiger partial charge in [0.2, 0.25) is 0 Å². The van der Waals surface area contributed by atoms with E-state index in [1.807, 2.05) is 12.1 Å². The van der Waals surface area contributed by atoms with E-state index in [9.17, 15) is 4.79 Å². The molecule has 4 nitrogen and oxygen atoms in total. The number of hydrogen-bond acceptors (Lipinski definition) is 4. The fraction of sp³-hybridized carbons (Fsp3) is 0.0714. The van der Waals surface area contributed by atoms with Crippen molar-refractivity contribution in [2.75, 3.05) is 5.32 Å². The minimum absolute atomic E-state index is 0.00973. The van der Waals surface area contributed by atoms with Crippen LogP contribution >= 0.6 is 15.9 Å². The highest BCUT2D eigenvalue weighted by atomic mass is 79.9. The smallest absolute Gasteiger partial charge is 0.159 e. The molecule has 1 aromatic heterocycles. The Hall–Kier alpha value is -2.19. The number of pyridine rings is 1. The van der Waals surface area contributed by atoms with Gasteiger partial charge in [-0.15, -0.1) is 0 Å². The molecule has 0 aliphatic heterocycles. The number of aromatic nitrogens is 1. The van der Waals surface area contributed by atoms with Crippen molar-refractivity contribution in [2.45, 2.75) is 6.92 Å². The van der Waals surface area contributed by atoms with Gasteiger partial charge in [-0.25, -0.2) is 4.98 Å². The lowest BCUT2D eigenvalue weighted by Gasteiger charge is -2.08. The zero-order valence-electron chi connectivity index (χ0n) is 10.1. The molecule has 2 aromatic rings. The monoisotopic (exact) mass is 315 g/mol. The third kappa shape index (κ3) is 3.18. The molecule has 0 amide bonds. The molecule has 0 radical (unpaired) electrons. The maximum Gasteiger partial charge on any atom is 0.159 e. The van der Waals surface area contributed by atoms with Gasteiger partial charge in [-0.1, -0.05) is 12.1 Å². The maximum absolute atomic E-state index is 11.3. The van der Waals surface area contributed by atoms with Crippen LogP contribution in [-0.4, -0.2) is 10.8 Å². The molecule has 19 heavy (non-hydrogen) atoms. The third-order valence-corrected chi connectivity index (χ3v) is 3.11. The molecule has 0 bridgehead atoms. The Morgan fingerprint density at radius 1 is 1.42 bits per heavy atom. The summed E-state index contributed by atoms with van der Waals surface area (Å²) in [6, 6.07) is 10.9. The van der Waals surface area contributed by atoms with E-state index in [0.717, 1.165) is 5.69 Å². The van der Waals surface area contributed by atoms with Crippen LogP contribution in [0.5, 0.6) is 0 Å². The Bertz CT molecular complexity index is 677. The molecule has 2 rings (SSSR count). The van der Waals surface area contributed by atoms with Crippen molar-refractivity contribution in [3.63, 3.8) is 0 Å². The fourth-order valence-corrected chi connectivity index (χ4v) is 1.99. The van der Waals surface area contributed by atoms with Crippen molar-refractivity contribution in [3.8, 4) is 6.07 Å². The SMILES string of the molecule is CC(=O)c1cccc(Nc2ncc(C#N)cc2Br)c1. The number of carbonyl (C=O) groups is 1. The van der Waals surface area contributed by atoms with Crippen molar-refractivity contribution in [1.29, 1.82) is 5.26 Å². The molecule has 5 heteroatoms. The van der Waals surface area contributed by atoms with E-state index >= 15 is 0 Å². The van der Waals surface area contributed by atoms with Crippen LogP contribution in [0.3, 0.4) is 0 Å². The van der Waals surface area contributed by atoms with E-state index in [2.05, 4.69) is 26.2 Å². The Kier molecular flexibility index (Phi) is 3.93. The van der Waals surface area contributed by atoms with E-state index in [4.69, 9.17) is 5.26 Å². The average molecular weight is 316 g/mol. The quantitative estimate of drug-likeness (QED) is 0.878. The number of hydrogen-bond donors (Lipinski definition) is 1. The maximum atomic E-state index is 11.3. The number of benzene rings is 1. The first kappa shape index (κ1) is 13.2. The number of nitrogens with zero attached hydrogens (tertiary/aromatic N) is 2. The first-order valence-corrected chi connectivity index (χ1v) is 6.33. The number of anilines is 2. The summed E-state index contributed by atoms with van der Waals surface area (Å²) >= 11 is 3.35. The van der Waals surface area contributed by atoms with Gasteiger partial charge in [0.05, 0.1) is 10.0 Å². The molecule has 0 fully saturated rings. The fourth-order valence-electron chi connectivity index (χ4n) is 1.54. The standard InChI is InChI=1S/C14H10BrN3O/c1-9(19)11-3-2-4-12(6-11)18-14-13(15)5-10(7-16)8-17-14/h2-6,8H,1H3,(H,17,18). The second-order valence-electron chi connectivity index (χ2n) is 3.93. The summed E-state index contributed by atoms with van der Waals surface area (Å²) in [7, 11) is 0. The highest BCUT2D eigenvalue weighted by Crippen LogP contribution is 2.24. The summed E-state index contributed by atoms with van der Waals surface area (Å²) in [5.41, 5.74) is 1.88. The zero-order chi connectivity index (χ0) is 13.8. The molecule has 0 saturated carbocycles. The number of nitrogens with one attached hydrogen (secondary N) is 1. The highest BCUT2D eigenvalue weighted by Gasteiger charge is 2.05. The van der Waals surface area contributed by atoms with E-state index in [1.54, 1.807) is 24.3 Å². The molecule has 0 unspecified atom stereocenters. The van der Waals surface area contributed by atoms with Gasteiger partial charge in [-0.2, -0.15) is 5.26 Å². The van der Waals surface area contributed by atoms with E-state index in [0.29, 0.717) is 21.4 Å². The molecule has 1 N–H and O–H groups in total. The number of carbonyl (C=O) groups excluding carboxylic acids is 1. The first-order valence-electron chi connectivity index (χ1n) is 5.54. The predicted molar refractivity (Wildman–Crippen MR) is 76.4 cm³/mol. The molecular formula is C14H10BrN3O. The van der Waals surface area contributed by atoms with Crippen molar-refractivity contribution < 1.29 is 4.79 Å². The van der Waals surface area contributed by atoms with Crippen LogP contribution in [0.2, 0.25) is 0 Å². The first-order chi connectivity index (χ1) is 9.10. The Balaban J connectivity index is 2.29. The van der Waals surface area contributed by atoms with Crippen molar-refractivity contribution in [1.82, 2.24) is 4.98 Å². The lowest BCUT2D eigenvalue weighted by molar-refractivity contribution is 0.101. The Morgan fingerprint density at radius 2 is 2.21 bits per heavy atom. The Morgan fingerprint density at radius 3 is 2.84 bits per heavy atom. The molecular weight excluding hydrogens is 306 g/mol. The van der Waals surface area contributed by atoms with Crippen LogP contribution in [0.25, 0.3) is 0 Å². The minimum atomic E-state index is 0.00973. The van der Waals surface area contributed by atoms with Gasteiger partial charge >= 0.3 is 0 Å². The number of rotatable bonds is 3. The number of Topliss-reactive ketones (excluding diaryl/α,β-unsaturated/α-hetero) is 1. The largest absolute Gasteiger partial charge is 0.339 e. The molecule has 0 saturated heterocycles. The summed E-state index contributed by atoms with van der Waals surface area (Å²) in [5, 5.41) is 11.9. The zero-order valence-corrected chi connectivity index (χ0v) is 11.7. The second-order valence-corrected chi connectivity index (χ2v) is 4.78. The van der Waals surface area contributed by atoms with Crippen LogP contribution < -0.4 is 5.32 Å². The van der Waals surface area contributed by atoms with Gasteiger partial charge in [0.15, 0.2) is 5.78 Å². The normalized spacial score (nSPS) is 9.74. The molecule has 1 heterocycles. The summed E-state index contributed by atoms with van der Waals surface area (Å²) in [5.74, 6) is 0.607. The minimum Gasteiger partial charge on any atom is -0.339 e. The summed E-state index contributed by atoms with van der Waals surface area (Å²) in [4.78, 5) is 15.5. The lowest BCUT2D eigenvalue weighted by Crippen LogP contribution is -1.98. The van der Waals surface area contributed by atoms with Gasteiger partial charge in [0, 0.05) is 17.4 Å². The van der Waals surface area contributed by atoms with Crippen LogP contribution in [0.1, 0.15) is 22.8 Å². The number of halogens is 1. The molecule has 1 aromatic carbocycles. The molecule has 94 valence electrons. The molecule has 0 spiro atoms. The van der Waals surface area contributed by atoms with Crippen molar-refractivity contribution in [3.05, 3.63) is 52.1 Å². The van der Waals surface area contributed by atoms with Gasteiger partial charge in [0.25, 0.3) is 0 Å². The predicted octanol–water partition coefficient (Wildman–Crippen LogP) is 3.66. The van der Waals surface area contributed by atoms with E-state index in [1.165, 1.54) is 13.1 Å². The molecule has 0 atom stereocenters. The number of ketones is 1. The van der Waals surface area contributed by atoms with Crippen LogP contribution in [0, 0.1) is 11.3 Å². The van der Waals surface area contributed by atoms with Crippen LogP contribution in [-0.2, 0) is 0 Å². The summed E-state index contributed by atoms with van der Waals surface area (Å²) in [6.07, 6.45) is 1.49. The summed E-state index contributed by atoms with van der Waals surface area (Å²) in [6.45, 7) is 1.52. The van der Waals surface area contributed by atoms with Crippen molar-refractivity contribution >= 4 is 33.2 Å². The van der Waals surface area contributed by atoms with Crippen LogP contribution in [0.4, 0.5) is 11.5 Å². The Labute approximate surface area is 119 Å². The summed E-state index contributed by atoms with van der Waals surface area (Å²) < 4.78 is 0.694. The average Bonchev–Trinajstić information content (AvgIpc) is 2.41. The van der Waals surface area contributed by atoms with E-state index < -0.39 is 0 Å². The molecule has 0 aliphatic carbocycles. The lowest BCUT2D eigenvalue weighted by atomic mass is 10.1. The van der Waals surface area contributed by atoms with Crippen molar-refractivity contribution in [2.24, 2.45) is 0 Å². The highest BCUT2D eigenvalue weighted by molar-refractivity contribution is 9.10. The van der Waals surface area contributed by atoms with Gasteiger partial charge in [-0.3, -0.25) is 4.79 Å². The van der Waals surface area contributed by atoms with Crippen LogP contribution in [0.15, 0.2) is 41.0 Å². The topological polar surface area (TPSA) is 65.8 Å². The second kappa shape index (κ2) is 5.63. The molecule has 0 aliphatic rings. The van der Waals surface area contributed by atoms with Gasteiger partial charge < -0.3 is 5.32 Å². The van der Waals surface area contributed by atoms with Gasteiger partial charge in [-0.05, 0) is 41.1 Å². The third-order valence-electron chi connectivity index (χ3n) is 2.50. The van der Waals surface area contributed by atoms with Gasteiger partial charge in [0.1, 0.15) is 11.9 Å². The van der Waals surface area contributed by atoms with E-state index in [-0.39, 0.29) is 5.78 Å². The number of nitriles is 1.